The smallest absolute Gasteiger partial charge is 0.258 e. The summed E-state index contributed by atoms with van der Waals surface area (Å²) in [6, 6.07) is 0. The van der Waals surface area contributed by atoms with Crippen molar-refractivity contribution in [2.24, 2.45) is 0 Å². The fraction of sp³-hybridized carbons (Fsp3) is 0.615. The topological polar surface area (TPSA) is 42.7 Å². The summed E-state index contributed by atoms with van der Waals surface area (Å²) in [6.07, 6.45) is 0.148. The van der Waals surface area contributed by atoms with Gasteiger partial charge in [0.25, 0.3) is 5.91 Å². The van der Waals surface area contributed by atoms with Crippen molar-refractivity contribution in [2.75, 3.05) is 13.1 Å². The van der Waals surface area contributed by atoms with Gasteiger partial charge in [-0.05, 0) is 43.6 Å². The van der Waals surface area contributed by atoms with E-state index in [1.165, 1.54) is 0 Å². The largest absolute Gasteiger partial charge is 0.465 e. The van der Waals surface area contributed by atoms with Gasteiger partial charge in [0.1, 0.15) is 11.5 Å². The summed E-state index contributed by atoms with van der Waals surface area (Å²) in [5.41, 5.74) is 0.633. The molecule has 0 unspecified atom stereocenters. The molecule has 2 atom stereocenters. The average Bonchev–Trinajstić information content (AvgIpc) is 2.51. The van der Waals surface area contributed by atoms with Crippen LogP contribution >= 0.6 is 15.9 Å². The van der Waals surface area contributed by atoms with Crippen LogP contribution in [0.15, 0.2) is 8.89 Å². The third kappa shape index (κ3) is 2.47. The molecule has 100 valence electrons. The Balaban J connectivity index is 2.25. The first-order valence-corrected chi connectivity index (χ1v) is 6.89. The Labute approximate surface area is 115 Å². The Morgan fingerprint density at radius 1 is 1.22 bits per heavy atom. The van der Waals surface area contributed by atoms with Crippen molar-refractivity contribution in [2.45, 2.75) is 39.9 Å². The number of furan rings is 1. The second-order valence-electron chi connectivity index (χ2n) is 4.87. The van der Waals surface area contributed by atoms with Gasteiger partial charge in [0.15, 0.2) is 0 Å². The van der Waals surface area contributed by atoms with Crippen LogP contribution in [0.25, 0.3) is 0 Å². The number of rotatable bonds is 1. The molecule has 2 rings (SSSR count). The molecule has 1 aliphatic heterocycles. The molecule has 18 heavy (non-hydrogen) atoms. The van der Waals surface area contributed by atoms with Crippen molar-refractivity contribution in [3.05, 3.63) is 21.6 Å². The third-order valence-electron chi connectivity index (χ3n) is 3.11. The molecule has 0 aromatic carbocycles. The number of carbonyl (C=O) groups excluding carboxylic acids is 1. The van der Waals surface area contributed by atoms with E-state index < -0.39 is 0 Å². The Morgan fingerprint density at radius 2 is 1.78 bits per heavy atom. The van der Waals surface area contributed by atoms with Gasteiger partial charge in [-0.15, -0.1) is 0 Å². The highest BCUT2D eigenvalue weighted by atomic mass is 79.9. The quantitative estimate of drug-likeness (QED) is 0.800. The highest BCUT2D eigenvalue weighted by Gasteiger charge is 2.30. The molecule has 1 saturated heterocycles. The van der Waals surface area contributed by atoms with Gasteiger partial charge in [-0.2, -0.15) is 0 Å². The summed E-state index contributed by atoms with van der Waals surface area (Å²) >= 11 is 3.43. The molecule has 4 nitrogen and oxygen atoms in total. The number of carbonyl (C=O) groups is 1. The van der Waals surface area contributed by atoms with Crippen molar-refractivity contribution in [1.82, 2.24) is 4.90 Å². The van der Waals surface area contributed by atoms with Crippen molar-refractivity contribution in [3.8, 4) is 0 Å². The average molecular weight is 316 g/mol. The maximum atomic E-state index is 12.5. The molecule has 1 fully saturated rings. The number of morpholine rings is 1. The van der Waals surface area contributed by atoms with Gasteiger partial charge in [-0.25, -0.2) is 0 Å². The molecule has 1 aromatic heterocycles. The Hall–Kier alpha value is -0.810. The molecule has 0 spiro atoms. The van der Waals surface area contributed by atoms with Crippen molar-refractivity contribution >= 4 is 21.8 Å². The van der Waals surface area contributed by atoms with E-state index in [0.717, 1.165) is 10.2 Å². The van der Waals surface area contributed by atoms with E-state index in [9.17, 15) is 4.79 Å². The first-order valence-electron chi connectivity index (χ1n) is 6.10. The number of nitrogens with zero attached hydrogens (tertiary/aromatic N) is 1. The zero-order valence-corrected chi connectivity index (χ0v) is 12.7. The standard InChI is InChI=1S/C13H18BrNO3/c1-7-5-15(6-8(2)17-7)13(16)11-9(3)18-10(4)12(11)14/h7-8H,5-6H2,1-4H3/t7-,8-/m1/s1. The Kier molecular flexibility index (Phi) is 3.82. The summed E-state index contributed by atoms with van der Waals surface area (Å²) in [4.78, 5) is 14.4. The van der Waals surface area contributed by atoms with Crippen LogP contribution in [0.1, 0.15) is 35.7 Å². The van der Waals surface area contributed by atoms with Gasteiger partial charge < -0.3 is 14.1 Å². The molecular weight excluding hydrogens is 298 g/mol. The maximum Gasteiger partial charge on any atom is 0.258 e. The fourth-order valence-corrected chi connectivity index (χ4v) is 2.93. The minimum atomic E-state index is 0.0122. The Bertz CT molecular complexity index is 459. The predicted molar refractivity (Wildman–Crippen MR) is 71.8 cm³/mol. The zero-order chi connectivity index (χ0) is 13.4. The second-order valence-corrected chi connectivity index (χ2v) is 5.66. The number of amides is 1. The molecule has 1 aliphatic rings. The lowest BCUT2D eigenvalue weighted by atomic mass is 10.1. The van der Waals surface area contributed by atoms with Gasteiger partial charge >= 0.3 is 0 Å². The molecule has 0 aliphatic carbocycles. The van der Waals surface area contributed by atoms with Gasteiger partial charge in [0.2, 0.25) is 0 Å². The van der Waals surface area contributed by atoms with Gasteiger partial charge in [0, 0.05) is 13.1 Å². The third-order valence-corrected chi connectivity index (χ3v) is 4.06. The molecule has 1 aromatic rings. The van der Waals surface area contributed by atoms with E-state index in [4.69, 9.17) is 9.15 Å². The van der Waals surface area contributed by atoms with Gasteiger partial charge in [-0.3, -0.25) is 4.79 Å². The lowest BCUT2D eigenvalue weighted by Crippen LogP contribution is -2.48. The van der Waals surface area contributed by atoms with Crippen molar-refractivity contribution < 1.29 is 13.9 Å². The fourth-order valence-electron chi connectivity index (χ4n) is 2.40. The number of ether oxygens (including phenoxy) is 1. The molecule has 0 bridgehead atoms. The van der Waals surface area contributed by atoms with Gasteiger partial charge in [-0.1, -0.05) is 0 Å². The first-order chi connectivity index (χ1) is 8.40. The summed E-state index contributed by atoms with van der Waals surface area (Å²) in [7, 11) is 0. The normalized spacial score (nSPS) is 24.4. The van der Waals surface area contributed by atoms with E-state index in [2.05, 4.69) is 15.9 Å². The summed E-state index contributed by atoms with van der Waals surface area (Å²) < 4.78 is 11.9. The van der Waals surface area contributed by atoms with Crippen LogP contribution in [0.4, 0.5) is 0 Å². The van der Waals surface area contributed by atoms with Crippen molar-refractivity contribution in [3.63, 3.8) is 0 Å². The van der Waals surface area contributed by atoms with Crippen LogP contribution < -0.4 is 0 Å². The van der Waals surface area contributed by atoms with E-state index in [-0.39, 0.29) is 18.1 Å². The second kappa shape index (κ2) is 5.05. The van der Waals surface area contributed by atoms with E-state index >= 15 is 0 Å². The first kappa shape index (κ1) is 13.6. The Morgan fingerprint density at radius 3 is 2.22 bits per heavy atom. The minimum absolute atomic E-state index is 0.0122. The highest BCUT2D eigenvalue weighted by molar-refractivity contribution is 9.10. The van der Waals surface area contributed by atoms with Crippen LogP contribution in [0.2, 0.25) is 0 Å². The zero-order valence-electron chi connectivity index (χ0n) is 11.1. The van der Waals surface area contributed by atoms with Gasteiger partial charge in [0.05, 0.1) is 22.2 Å². The van der Waals surface area contributed by atoms with E-state index in [0.29, 0.717) is 24.4 Å². The van der Waals surface area contributed by atoms with Crippen molar-refractivity contribution in [1.29, 1.82) is 0 Å². The monoisotopic (exact) mass is 315 g/mol. The van der Waals surface area contributed by atoms with E-state index in [1.54, 1.807) is 0 Å². The summed E-state index contributed by atoms with van der Waals surface area (Å²) in [5, 5.41) is 0. The minimum Gasteiger partial charge on any atom is -0.465 e. The summed E-state index contributed by atoms with van der Waals surface area (Å²) in [5.74, 6) is 1.42. The summed E-state index contributed by atoms with van der Waals surface area (Å²) in [6.45, 7) is 8.88. The number of halogens is 1. The van der Waals surface area contributed by atoms with Crippen LogP contribution in [-0.4, -0.2) is 36.1 Å². The molecular formula is C13H18BrNO3. The van der Waals surface area contributed by atoms with E-state index in [1.807, 2.05) is 32.6 Å². The SMILES string of the molecule is Cc1oc(C)c(C(=O)N2C[C@@H](C)O[C@H](C)C2)c1Br. The number of aryl methyl sites for hydroxylation is 2. The molecule has 5 heteroatoms. The highest BCUT2D eigenvalue weighted by Crippen LogP contribution is 2.29. The van der Waals surface area contributed by atoms with Crippen LogP contribution in [-0.2, 0) is 4.74 Å². The predicted octanol–water partition coefficient (Wildman–Crippen LogP) is 2.91. The number of hydrogen-bond donors (Lipinski definition) is 0. The molecule has 0 N–H and O–H groups in total. The number of hydrogen-bond acceptors (Lipinski definition) is 3. The lowest BCUT2D eigenvalue weighted by Gasteiger charge is -2.35. The molecule has 1 amide bonds. The van der Waals surface area contributed by atoms with Crippen LogP contribution in [0, 0.1) is 13.8 Å². The van der Waals surface area contributed by atoms with Crippen LogP contribution in [0.3, 0.4) is 0 Å². The maximum absolute atomic E-state index is 12.5. The van der Waals surface area contributed by atoms with Crippen LogP contribution in [0.5, 0.6) is 0 Å². The molecule has 2 heterocycles. The molecule has 0 radical (unpaired) electrons. The lowest BCUT2D eigenvalue weighted by molar-refractivity contribution is -0.0586. The molecule has 0 saturated carbocycles.